The zero-order valence-corrected chi connectivity index (χ0v) is 9.89. The molecule has 1 nitrogen and oxygen atoms in total. The average Bonchev–Trinajstić information content (AvgIpc) is 2.69. The molecule has 1 aromatic carbocycles. The molecular weight excluding hydrogens is 202 g/mol. The van der Waals surface area contributed by atoms with Gasteiger partial charge in [0.05, 0.1) is 0 Å². The molecule has 0 radical (unpaired) electrons. The number of rotatable bonds is 3. The highest BCUT2D eigenvalue weighted by atomic mass is 32.2. The smallest absolute Gasteiger partial charge is 0.0235 e. The van der Waals surface area contributed by atoms with E-state index in [2.05, 4.69) is 37.3 Å². The van der Waals surface area contributed by atoms with Crippen LogP contribution in [0.25, 0.3) is 0 Å². The maximum Gasteiger partial charge on any atom is 0.0235 e. The summed E-state index contributed by atoms with van der Waals surface area (Å²) in [4.78, 5) is 1.36. The quantitative estimate of drug-likeness (QED) is 0.846. The van der Waals surface area contributed by atoms with Gasteiger partial charge in [-0.05, 0) is 35.3 Å². The maximum absolute atomic E-state index is 5.63. The Bertz CT molecular complexity index is 371. The molecule has 0 spiro atoms. The van der Waals surface area contributed by atoms with E-state index in [9.17, 15) is 0 Å². The van der Waals surface area contributed by atoms with Gasteiger partial charge in [-0.3, -0.25) is 0 Å². The van der Waals surface area contributed by atoms with Crippen molar-refractivity contribution in [1.29, 1.82) is 0 Å². The van der Waals surface area contributed by atoms with Crippen LogP contribution in [0.3, 0.4) is 0 Å². The van der Waals surface area contributed by atoms with Gasteiger partial charge in [-0.2, -0.15) is 0 Å². The molecule has 0 bridgehead atoms. The first kappa shape index (κ1) is 10.8. The minimum Gasteiger partial charge on any atom is -0.326 e. The standard InChI is InChI=1S/C13H17NS/c1-10-4-2-3-5-12(10)6-11-7-13(8-14)15-9-11/h2-5,7,11H,6,8-9,14H2,1H3. The molecule has 0 saturated heterocycles. The van der Waals surface area contributed by atoms with Gasteiger partial charge in [-0.15, -0.1) is 11.8 Å². The van der Waals surface area contributed by atoms with Crippen molar-refractivity contribution in [2.75, 3.05) is 12.3 Å². The van der Waals surface area contributed by atoms with E-state index in [0.717, 1.165) is 6.42 Å². The number of benzene rings is 1. The van der Waals surface area contributed by atoms with E-state index in [1.165, 1.54) is 21.8 Å². The summed E-state index contributed by atoms with van der Waals surface area (Å²) < 4.78 is 0. The predicted octanol–water partition coefficient (Wildman–Crippen LogP) is 2.74. The van der Waals surface area contributed by atoms with Crippen LogP contribution in [0.4, 0.5) is 0 Å². The first-order valence-corrected chi connectivity index (χ1v) is 6.36. The van der Waals surface area contributed by atoms with Crippen LogP contribution in [-0.2, 0) is 6.42 Å². The number of thioether (sulfide) groups is 1. The van der Waals surface area contributed by atoms with Gasteiger partial charge in [0.1, 0.15) is 0 Å². The second-order valence-corrected chi connectivity index (χ2v) is 5.19. The van der Waals surface area contributed by atoms with Crippen LogP contribution < -0.4 is 5.73 Å². The van der Waals surface area contributed by atoms with E-state index in [4.69, 9.17) is 5.73 Å². The molecule has 0 amide bonds. The third-order valence-electron chi connectivity index (χ3n) is 2.85. The largest absolute Gasteiger partial charge is 0.326 e. The molecule has 80 valence electrons. The molecule has 0 saturated carbocycles. The molecule has 0 aliphatic carbocycles. The maximum atomic E-state index is 5.63. The lowest BCUT2D eigenvalue weighted by Gasteiger charge is -2.09. The summed E-state index contributed by atoms with van der Waals surface area (Å²) in [5.74, 6) is 1.87. The Morgan fingerprint density at radius 2 is 2.20 bits per heavy atom. The van der Waals surface area contributed by atoms with Gasteiger partial charge in [-0.1, -0.05) is 30.3 Å². The lowest BCUT2D eigenvalue weighted by atomic mass is 9.97. The van der Waals surface area contributed by atoms with Crippen LogP contribution >= 0.6 is 11.8 Å². The summed E-state index contributed by atoms with van der Waals surface area (Å²) in [5, 5.41) is 0. The average molecular weight is 219 g/mol. The van der Waals surface area contributed by atoms with Crippen LogP contribution in [0.15, 0.2) is 35.2 Å². The molecule has 2 rings (SSSR count). The normalized spacial score (nSPS) is 20.4. The summed E-state index contributed by atoms with van der Waals surface area (Å²) in [6.45, 7) is 2.89. The molecule has 1 aromatic rings. The third kappa shape index (κ3) is 2.64. The molecular formula is C13H17NS. The molecule has 1 unspecified atom stereocenters. The van der Waals surface area contributed by atoms with E-state index >= 15 is 0 Å². The van der Waals surface area contributed by atoms with Crippen LogP contribution in [0, 0.1) is 12.8 Å². The number of hydrogen-bond donors (Lipinski definition) is 1. The zero-order valence-electron chi connectivity index (χ0n) is 9.07. The fraction of sp³-hybridized carbons (Fsp3) is 0.385. The second kappa shape index (κ2) is 4.86. The van der Waals surface area contributed by atoms with Crippen LogP contribution in [0.5, 0.6) is 0 Å². The van der Waals surface area contributed by atoms with E-state index in [1.807, 2.05) is 11.8 Å². The summed E-state index contributed by atoms with van der Waals surface area (Å²) in [6.07, 6.45) is 3.50. The lowest BCUT2D eigenvalue weighted by molar-refractivity contribution is 0.739. The zero-order chi connectivity index (χ0) is 10.7. The van der Waals surface area contributed by atoms with Gasteiger partial charge in [0.25, 0.3) is 0 Å². The molecule has 1 heterocycles. The van der Waals surface area contributed by atoms with Gasteiger partial charge >= 0.3 is 0 Å². The predicted molar refractivity (Wildman–Crippen MR) is 68.0 cm³/mol. The van der Waals surface area contributed by atoms with Crippen LogP contribution in [0.2, 0.25) is 0 Å². The molecule has 1 atom stereocenters. The minimum absolute atomic E-state index is 0.676. The topological polar surface area (TPSA) is 26.0 Å². The van der Waals surface area contributed by atoms with Gasteiger partial charge in [0.2, 0.25) is 0 Å². The van der Waals surface area contributed by atoms with Crippen molar-refractivity contribution in [3.8, 4) is 0 Å². The Kier molecular flexibility index (Phi) is 3.49. The van der Waals surface area contributed by atoms with Crippen molar-refractivity contribution in [2.24, 2.45) is 11.7 Å². The van der Waals surface area contributed by atoms with Crippen molar-refractivity contribution < 1.29 is 0 Å². The van der Waals surface area contributed by atoms with Crippen molar-refractivity contribution >= 4 is 11.8 Å². The molecule has 1 aliphatic heterocycles. The Hall–Kier alpha value is -0.730. The first-order valence-electron chi connectivity index (χ1n) is 5.37. The summed E-state index contributed by atoms with van der Waals surface area (Å²) in [5.41, 5.74) is 8.50. The highest BCUT2D eigenvalue weighted by Crippen LogP contribution is 2.30. The number of hydrogen-bond acceptors (Lipinski definition) is 2. The van der Waals surface area contributed by atoms with Gasteiger partial charge in [-0.25, -0.2) is 0 Å². The highest BCUT2D eigenvalue weighted by Gasteiger charge is 2.16. The number of nitrogens with two attached hydrogens (primary N) is 1. The van der Waals surface area contributed by atoms with Gasteiger partial charge in [0.15, 0.2) is 0 Å². The van der Waals surface area contributed by atoms with Crippen molar-refractivity contribution in [3.63, 3.8) is 0 Å². The fourth-order valence-corrected chi connectivity index (χ4v) is 2.99. The Morgan fingerprint density at radius 3 is 2.87 bits per heavy atom. The highest BCUT2D eigenvalue weighted by molar-refractivity contribution is 8.03. The second-order valence-electron chi connectivity index (χ2n) is 4.04. The van der Waals surface area contributed by atoms with E-state index < -0.39 is 0 Å². The van der Waals surface area contributed by atoms with Crippen molar-refractivity contribution in [2.45, 2.75) is 13.3 Å². The Morgan fingerprint density at radius 1 is 1.40 bits per heavy atom. The molecule has 15 heavy (non-hydrogen) atoms. The van der Waals surface area contributed by atoms with Gasteiger partial charge in [0, 0.05) is 12.3 Å². The first-order chi connectivity index (χ1) is 7.29. The molecule has 0 fully saturated rings. The monoisotopic (exact) mass is 219 g/mol. The molecule has 2 heteroatoms. The summed E-state index contributed by atoms with van der Waals surface area (Å²) in [7, 11) is 0. The van der Waals surface area contributed by atoms with Crippen LogP contribution in [-0.4, -0.2) is 12.3 Å². The van der Waals surface area contributed by atoms with E-state index in [-0.39, 0.29) is 0 Å². The summed E-state index contributed by atoms with van der Waals surface area (Å²) in [6, 6.07) is 8.64. The number of allylic oxidation sites excluding steroid dienone is 1. The van der Waals surface area contributed by atoms with Crippen molar-refractivity contribution in [3.05, 3.63) is 46.4 Å². The Balaban J connectivity index is 2.04. The van der Waals surface area contributed by atoms with E-state index in [1.54, 1.807) is 0 Å². The summed E-state index contributed by atoms with van der Waals surface area (Å²) >= 11 is 1.91. The van der Waals surface area contributed by atoms with Crippen LogP contribution in [0.1, 0.15) is 11.1 Å². The third-order valence-corrected chi connectivity index (χ3v) is 4.12. The SMILES string of the molecule is Cc1ccccc1CC1C=C(CN)SC1. The molecule has 1 aliphatic rings. The fourth-order valence-electron chi connectivity index (χ4n) is 1.94. The number of aryl methyl sites for hydroxylation is 1. The Labute approximate surface area is 95.8 Å². The van der Waals surface area contributed by atoms with Gasteiger partial charge < -0.3 is 5.73 Å². The molecule has 0 aromatic heterocycles. The minimum atomic E-state index is 0.676. The van der Waals surface area contributed by atoms with Crippen molar-refractivity contribution in [1.82, 2.24) is 0 Å². The lowest BCUT2D eigenvalue weighted by Crippen LogP contribution is -2.02. The van der Waals surface area contributed by atoms with E-state index in [0.29, 0.717) is 12.5 Å². The molecule has 2 N–H and O–H groups in total.